The first kappa shape index (κ1) is 14.3. The first-order chi connectivity index (χ1) is 7.72. The fourth-order valence-electron chi connectivity index (χ4n) is 2.29. The molecule has 1 aromatic carbocycles. The zero-order chi connectivity index (χ0) is 11.5. The van der Waals surface area contributed by atoms with Crippen molar-refractivity contribution in [2.24, 2.45) is 0 Å². The van der Waals surface area contributed by atoms with E-state index >= 15 is 0 Å². The van der Waals surface area contributed by atoms with E-state index in [-0.39, 0.29) is 12.4 Å². The third-order valence-corrected chi connectivity index (χ3v) is 3.01. The molecule has 4 heteroatoms. The number of aryl methyl sites for hydroxylation is 2. The number of nitrogens with one attached hydrogen (secondary N) is 1. The van der Waals surface area contributed by atoms with E-state index in [0.717, 1.165) is 25.5 Å². The summed E-state index contributed by atoms with van der Waals surface area (Å²) in [5.74, 6) is 0.987. The molecule has 1 N–H and O–H groups in total. The minimum absolute atomic E-state index is 0. The van der Waals surface area contributed by atoms with Gasteiger partial charge in [-0.25, -0.2) is 0 Å². The molecule has 1 aromatic rings. The van der Waals surface area contributed by atoms with E-state index in [9.17, 15) is 0 Å². The summed E-state index contributed by atoms with van der Waals surface area (Å²) >= 11 is 0. The van der Waals surface area contributed by atoms with Crippen molar-refractivity contribution >= 4 is 12.4 Å². The van der Waals surface area contributed by atoms with Gasteiger partial charge >= 0.3 is 0 Å². The van der Waals surface area contributed by atoms with E-state index in [4.69, 9.17) is 9.47 Å². The monoisotopic (exact) mass is 257 g/mol. The number of methoxy groups -OCH3 is 1. The first-order valence-corrected chi connectivity index (χ1v) is 5.68. The molecule has 0 saturated carbocycles. The van der Waals surface area contributed by atoms with Gasteiger partial charge in [-0.1, -0.05) is 12.1 Å². The number of hydrogen-bond donors (Lipinski definition) is 1. The fraction of sp³-hybridized carbons (Fsp3) is 0.538. The molecule has 1 fully saturated rings. The highest BCUT2D eigenvalue weighted by molar-refractivity contribution is 5.85. The summed E-state index contributed by atoms with van der Waals surface area (Å²) in [4.78, 5) is 0. The average Bonchev–Trinajstić information content (AvgIpc) is 2.30. The van der Waals surface area contributed by atoms with Crippen LogP contribution in [0.15, 0.2) is 12.1 Å². The van der Waals surface area contributed by atoms with Crippen molar-refractivity contribution in [2.45, 2.75) is 19.9 Å². The van der Waals surface area contributed by atoms with Gasteiger partial charge in [0.25, 0.3) is 0 Å². The first-order valence-electron chi connectivity index (χ1n) is 5.68. The van der Waals surface area contributed by atoms with Crippen LogP contribution in [-0.4, -0.2) is 26.9 Å². The summed E-state index contributed by atoms with van der Waals surface area (Å²) < 4.78 is 10.8. The van der Waals surface area contributed by atoms with Gasteiger partial charge in [0, 0.05) is 6.54 Å². The Labute approximate surface area is 109 Å². The van der Waals surface area contributed by atoms with Crippen LogP contribution in [0.5, 0.6) is 5.75 Å². The average molecular weight is 258 g/mol. The maximum Gasteiger partial charge on any atom is 0.124 e. The number of hydrogen-bond acceptors (Lipinski definition) is 3. The lowest BCUT2D eigenvalue weighted by atomic mass is 10.00. The Morgan fingerprint density at radius 1 is 1.29 bits per heavy atom. The lowest BCUT2D eigenvalue weighted by Gasteiger charge is -2.25. The van der Waals surface area contributed by atoms with Crippen LogP contribution in [0.1, 0.15) is 22.7 Å². The van der Waals surface area contributed by atoms with E-state index in [0.29, 0.717) is 6.04 Å². The smallest absolute Gasteiger partial charge is 0.124 e. The maximum atomic E-state index is 5.48. The van der Waals surface area contributed by atoms with Gasteiger partial charge in [-0.2, -0.15) is 0 Å². The highest BCUT2D eigenvalue weighted by Gasteiger charge is 2.17. The Bertz CT molecular complexity index is 353. The highest BCUT2D eigenvalue weighted by Crippen LogP contribution is 2.27. The van der Waals surface area contributed by atoms with Crippen LogP contribution in [0.25, 0.3) is 0 Å². The van der Waals surface area contributed by atoms with Crippen molar-refractivity contribution in [1.82, 2.24) is 5.32 Å². The SMILES string of the molecule is COc1c(C)cc([C@H]2COCCN2)cc1C.Cl. The number of rotatable bonds is 2. The summed E-state index contributed by atoms with van der Waals surface area (Å²) in [6.45, 7) is 6.66. The second kappa shape index (κ2) is 6.24. The number of morpholine rings is 1. The van der Waals surface area contributed by atoms with Crippen molar-refractivity contribution in [1.29, 1.82) is 0 Å². The largest absolute Gasteiger partial charge is 0.496 e. The molecule has 17 heavy (non-hydrogen) atoms. The zero-order valence-electron chi connectivity index (χ0n) is 10.6. The van der Waals surface area contributed by atoms with E-state index in [1.54, 1.807) is 7.11 Å². The van der Waals surface area contributed by atoms with Crippen molar-refractivity contribution < 1.29 is 9.47 Å². The van der Waals surface area contributed by atoms with Crippen LogP contribution in [0.4, 0.5) is 0 Å². The van der Waals surface area contributed by atoms with Gasteiger partial charge in [0.2, 0.25) is 0 Å². The number of benzene rings is 1. The van der Waals surface area contributed by atoms with Gasteiger partial charge in [-0.15, -0.1) is 12.4 Å². The summed E-state index contributed by atoms with van der Waals surface area (Å²) in [6.07, 6.45) is 0. The minimum Gasteiger partial charge on any atom is -0.496 e. The number of ether oxygens (including phenoxy) is 2. The molecule has 0 radical (unpaired) electrons. The molecule has 1 saturated heterocycles. The number of halogens is 1. The van der Waals surface area contributed by atoms with Gasteiger partial charge in [-0.05, 0) is 30.5 Å². The molecule has 0 aromatic heterocycles. The third kappa shape index (κ3) is 3.12. The fourth-order valence-corrected chi connectivity index (χ4v) is 2.29. The zero-order valence-corrected chi connectivity index (χ0v) is 11.4. The second-order valence-electron chi connectivity index (χ2n) is 4.27. The molecule has 1 atom stereocenters. The topological polar surface area (TPSA) is 30.5 Å². The molecular weight excluding hydrogens is 238 g/mol. The predicted octanol–water partition coefficient (Wildman–Crippen LogP) is 2.39. The lowest BCUT2D eigenvalue weighted by molar-refractivity contribution is 0.0768. The summed E-state index contributed by atoms with van der Waals surface area (Å²) in [6, 6.07) is 4.67. The van der Waals surface area contributed by atoms with Crippen molar-refractivity contribution in [2.75, 3.05) is 26.9 Å². The molecule has 1 aliphatic heterocycles. The van der Waals surface area contributed by atoms with Crippen molar-refractivity contribution in [3.63, 3.8) is 0 Å². The van der Waals surface area contributed by atoms with Crippen LogP contribution in [0.2, 0.25) is 0 Å². The van der Waals surface area contributed by atoms with Gasteiger partial charge in [0.05, 0.1) is 26.4 Å². The van der Waals surface area contributed by atoms with E-state index in [1.165, 1.54) is 16.7 Å². The molecule has 0 amide bonds. The molecule has 1 aliphatic rings. The Kier molecular flexibility index (Phi) is 5.25. The van der Waals surface area contributed by atoms with E-state index in [1.807, 2.05) is 0 Å². The van der Waals surface area contributed by atoms with Crippen LogP contribution >= 0.6 is 12.4 Å². The Morgan fingerprint density at radius 2 is 1.94 bits per heavy atom. The summed E-state index contributed by atoms with van der Waals surface area (Å²) in [5, 5.41) is 3.46. The molecule has 0 unspecified atom stereocenters. The molecule has 3 nitrogen and oxygen atoms in total. The van der Waals surface area contributed by atoms with Crippen LogP contribution in [0.3, 0.4) is 0 Å². The molecule has 96 valence electrons. The lowest BCUT2D eigenvalue weighted by Crippen LogP contribution is -2.34. The van der Waals surface area contributed by atoms with E-state index < -0.39 is 0 Å². The molecule has 0 spiro atoms. The van der Waals surface area contributed by atoms with Gasteiger partial charge in [0.1, 0.15) is 5.75 Å². The van der Waals surface area contributed by atoms with Gasteiger partial charge in [-0.3, -0.25) is 0 Å². The molecule has 0 aliphatic carbocycles. The van der Waals surface area contributed by atoms with Crippen molar-refractivity contribution in [3.8, 4) is 5.75 Å². The Balaban J connectivity index is 0.00000144. The normalized spacial score (nSPS) is 19.6. The second-order valence-corrected chi connectivity index (χ2v) is 4.27. The standard InChI is InChI=1S/C13H19NO2.ClH/c1-9-6-11(7-10(2)13(9)15-3)12-8-16-5-4-14-12;/h6-7,12,14H,4-5,8H2,1-3H3;1H/t12-;/m1./s1. The van der Waals surface area contributed by atoms with Crippen LogP contribution in [0, 0.1) is 13.8 Å². The molecule has 2 rings (SSSR count). The molecular formula is C13H20ClNO2. The van der Waals surface area contributed by atoms with Gasteiger partial charge in [0.15, 0.2) is 0 Å². The quantitative estimate of drug-likeness (QED) is 0.883. The van der Waals surface area contributed by atoms with Gasteiger partial charge < -0.3 is 14.8 Å². The van der Waals surface area contributed by atoms with Crippen LogP contribution in [-0.2, 0) is 4.74 Å². The summed E-state index contributed by atoms with van der Waals surface area (Å²) in [7, 11) is 1.72. The summed E-state index contributed by atoms with van der Waals surface area (Å²) in [5.41, 5.74) is 3.66. The highest BCUT2D eigenvalue weighted by atomic mass is 35.5. The Morgan fingerprint density at radius 3 is 2.41 bits per heavy atom. The predicted molar refractivity (Wildman–Crippen MR) is 71.3 cm³/mol. The maximum absolute atomic E-state index is 5.48. The molecule has 1 heterocycles. The van der Waals surface area contributed by atoms with Crippen molar-refractivity contribution in [3.05, 3.63) is 28.8 Å². The van der Waals surface area contributed by atoms with Crippen LogP contribution < -0.4 is 10.1 Å². The van der Waals surface area contributed by atoms with E-state index in [2.05, 4.69) is 31.3 Å². The third-order valence-electron chi connectivity index (χ3n) is 3.01. The Hall–Kier alpha value is -0.770. The minimum atomic E-state index is 0. The molecule has 0 bridgehead atoms.